The Morgan fingerprint density at radius 3 is 2.62 bits per heavy atom. The molecule has 2 nitrogen and oxygen atoms in total. The molecule has 2 heteroatoms. The van der Waals surface area contributed by atoms with Crippen LogP contribution in [0.1, 0.15) is 36.9 Å². The Kier molecular flexibility index (Phi) is 3.62. The summed E-state index contributed by atoms with van der Waals surface area (Å²) in [6.07, 6.45) is 3.06. The summed E-state index contributed by atoms with van der Waals surface area (Å²) in [5.41, 5.74) is 2.70. The van der Waals surface area contributed by atoms with Gasteiger partial charge in [0.05, 0.1) is 18.2 Å². The summed E-state index contributed by atoms with van der Waals surface area (Å²) in [5, 5.41) is 3.40. The fourth-order valence-corrected chi connectivity index (χ4v) is 2.56. The molecule has 1 aromatic carbocycles. The van der Waals surface area contributed by atoms with Crippen molar-refractivity contribution >= 4 is 0 Å². The summed E-state index contributed by atoms with van der Waals surface area (Å²) in [4.78, 5) is 0. The van der Waals surface area contributed by atoms with E-state index in [0.717, 1.165) is 6.42 Å². The van der Waals surface area contributed by atoms with Crippen LogP contribution in [0.5, 0.6) is 0 Å². The normalized spacial score (nSPS) is 26.9. The van der Waals surface area contributed by atoms with Gasteiger partial charge < -0.3 is 10.1 Å². The highest BCUT2D eigenvalue weighted by Gasteiger charge is 2.30. The number of hydrogen-bond acceptors (Lipinski definition) is 2. The van der Waals surface area contributed by atoms with Crippen molar-refractivity contribution in [2.45, 2.75) is 44.9 Å². The van der Waals surface area contributed by atoms with Crippen molar-refractivity contribution in [2.75, 3.05) is 7.05 Å². The van der Waals surface area contributed by atoms with Crippen LogP contribution in [0, 0.1) is 6.92 Å². The van der Waals surface area contributed by atoms with Crippen LogP contribution in [0.2, 0.25) is 0 Å². The van der Waals surface area contributed by atoms with Crippen LogP contribution in [0.4, 0.5) is 0 Å². The number of benzene rings is 1. The van der Waals surface area contributed by atoms with Gasteiger partial charge in [0.25, 0.3) is 0 Å². The molecule has 0 aromatic heterocycles. The Labute approximate surface area is 98.0 Å². The van der Waals surface area contributed by atoms with Crippen LogP contribution in [0.15, 0.2) is 24.3 Å². The molecule has 0 aliphatic carbocycles. The lowest BCUT2D eigenvalue weighted by Gasteiger charge is -2.25. The molecule has 1 saturated heterocycles. The van der Waals surface area contributed by atoms with E-state index in [2.05, 4.69) is 43.4 Å². The number of nitrogens with one attached hydrogen (secondary N) is 1. The highest BCUT2D eigenvalue weighted by molar-refractivity contribution is 5.29. The van der Waals surface area contributed by atoms with Crippen molar-refractivity contribution in [2.24, 2.45) is 0 Å². The van der Waals surface area contributed by atoms with E-state index in [9.17, 15) is 0 Å². The molecule has 1 aromatic rings. The second kappa shape index (κ2) is 4.98. The first-order chi connectivity index (χ1) is 7.72. The zero-order valence-electron chi connectivity index (χ0n) is 10.4. The van der Waals surface area contributed by atoms with Crippen molar-refractivity contribution in [1.29, 1.82) is 0 Å². The van der Waals surface area contributed by atoms with Crippen molar-refractivity contribution in [3.63, 3.8) is 0 Å². The lowest BCUT2D eigenvalue weighted by atomic mass is 9.95. The first-order valence-corrected chi connectivity index (χ1v) is 6.10. The fourth-order valence-electron chi connectivity index (χ4n) is 2.56. The van der Waals surface area contributed by atoms with E-state index in [1.165, 1.54) is 17.5 Å². The summed E-state index contributed by atoms with van der Waals surface area (Å²) < 4.78 is 5.96. The number of hydrogen-bond donors (Lipinski definition) is 1. The summed E-state index contributed by atoms with van der Waals surface area (Å²) in [5.74, 6) is 0. The molecule has 1 N–H and O–H groups in total. The minimum atomic E-state index is 0.320. The average Bonchev–Trinajstić information content (AvgIpc) is 2.69. The molecule has 0 bridgehead atoms. The van der Waals surface area contributed by atoms with E-state index < -0.39 is 0 Å². The van der Waals surface area contributed by atoms with E-state index >= 15 is 0 Å². The van der Waals surface area contributed by atoms with Gasteiger partial charge in [-0.3, -0.25) is 0 Å². The van der Waals surface area contributed by atoms with Gasteiger partial charge in [-0.05, 0) is 44.9 Å². The van der Waals surface area contributed by atoms with E-state index in [4.69, 9.17) is 4.74 Å². The van der Waals surface area contributed by atoms with Gasteiger partial charge in [0.15, 0.2) is 0 Å². The van der Waals surface area contributed by atoms with Gasteiger partial charge in [0.2, 0.25) is 0 Å². The second-order valence-electron chi connectivity index (χ2n) is 4.69. The monoisotopic (exact) mass is 219 g/mol. The summed E-state index contributed by atoms with van der Waals surface area (Å²) in [6.45, 7) is 4.32. The highest BCUT2D eigenvalue weighted by atomic mass is 16.5. The predicted octanol–water partition coefficient (Wildman–Crippen LogP) is 2.82. The fraction of sp³-hybridized carbons (Fsp3) is 0.571. The zero-order valence-corrected chi connectivity index (χ0v) is 10.4. The molecule has 0 amide bonds. The molecule has 0 spiro atoms. The van der Waals surface area contributed by atoms with E-state index in [0.29, 0.717) is 18.2 Å². The second-order valence-corrected chi connectivity index (χ2v) is 4.69. The molecule has 1 heterocycles. The Bertz CT molecular complexity index is 350. The predicted molar refractivity (Wildman–Crippen MR) is 66.5 cm³/mol. The Morgan fingerprint density at radius 2 is 2.06 bits per heavy atom. The van der Waals surface area contributed by atoms with Crippen LogP contribution >= 0.6 is 0 Å². The van der Waals surface area contributed by atoms with Gasteiger partial charge in [-0.1, -0.05) is 24.3 Å². The molecular weight excluding hydrogens is 198 g/mol. The standard InChI is InChI=1S/C14H21NO/c1-10-6-4-5-7-12(10)14(15-3)13-9-8-11(2)16-13/h4-7,11,13-15H,8-9H2,1-3H3. The molecule has 88 valence electrons. The molecule has 1 aliphatic rings. The Morgan fingerprint density at radius 1 is 1.31 bits per heavy atom. The van der Waals surface area contributed by atoms with Crippen LogP contribution in [0.25, 0.3) is 0 Å². The molecule has 3 atom stereocenters. The summed E-state index contributed by atoms with van der Waals surface area (Å²) in [6, 6.07) is 8.88. The van der Waals surface area contributed by atoms with Gasteiger partial charge in [0.1, 0.15) is 0 Å². The Balaban J connectivity index is 2.19. The number of ether oxygens (including phenoxy) is 1. The third-order valence-electron chi connectivity index (χ3n) is 3.47. The van der Waals surface area contributed by atoms with Crippen LogP contribution < -0.4 is 5.32 Å². The van der Waals surface area contributed by atoms with E-state index in [1.54, 1.807) is 0 Å². The smallest absolute Gasteiger partial charge is 0.0774 e. The van der Waals surface area contributed by atoms with E-state index in [1.807, 2.05) is 7.05 Å². The molecule has 2 rings (SSSR count). The van der Waals surface area contributed by atoms with Gasteiger partial charge >= 0.3 is 0 Å². The van der Waals surface area contributed by atoms with Crippen LogP contribution in [0.3, 0.4) is 0 Å². The zero-order chi connectivity index (χ0) is 11.5. The van der Waals surface area contributed by atoms with Gasteiger partial charge in [-0.25, -0.2) is 0 Å². The van der Waals surface area contributed by atoms with Crippen molar-refractivity contribution < 1.29 is 4.74 Å². The van der Waals surface area contributed by atoms with Crippen molar-refractivity contribution in [3.05, 3.63) is 35.4 Å². The maximum absolute atomic E-state index is 5.96. The van der Waals surface area contributed by atoms with Gasteiger partial charge in [-0.2, -0.15) is 0 Å². The molecular formula is C14H21NO. The largest absolute Gasteiger partial charge is 0.373 e. The van der Waals surface area contributed by atoms with Gasteiger partial charge in [-0.15, -0.1) is 0 Å². The third kappa shape index (κ3) is 2.28. The first kappa shape index (κ1) is 11.6. The number of rotatable bonds is 3. The molecule has 0 saturated carbocycles. The number of likely N-dealkylation sites (N-methyl/N-ethyl adjacent to an activating group) is 1. The van der Waals surface area contributed by atoms with Gasteiger partial charge in [0, 0.05) is 0 Å². The molecule has 0 radical (unpaired) electrons. The third-order valence-corrected chi connectivity index (χ3v) is 3.47. The molecule has 1 fully saturated rings. The SMILES string of the molecule is CNC(c1ccccc1C)C1CCC(C)O1. The lowest BCUT2D eigenvalue weighted by molar-refractivity contribution is 0.0332. The first-order valence-electron chi connectivity index (χ1n) is 6.10. The summed E-state index contributed by atoms with van der Waals surface area (Å²) in [7, 11) is 2.02. The maximum Gasteiger partial charge on any atom is 0.0774 e. The minimum absolute atomic E-state index is 0.320. The number of aryl methyl sites for hydroxylation is 1. The van der Waals surface area contributed by atoms with Crippen molar-refractivity contribution in [3.8, 4) is 0 Å². The highest BCUT2D eigenvalue weighted by Crippen LogP contribution is 2.31. The summed E-state index contributed by atoms with van der Waals surface area (Å²) >= 11 is 0. The molecule has 3 unspecified atom stereocenters. The van der Waals surface area contributed by atoms with Crippen LogP contribution in [-0.2, 0) is 4.74 Å². The van der Waals surface area contributed by atoms with E-state index in [-0.39, 0.29) is 0 Å². The Hall–Kier alpha value is -0.860. The quantitative estimate of drug-likeness (QED) is 0.844. The minimum Gasteiger partial charge on any atom is -0.373 e. The van der Waals surface area contributed by atoms with Crippen LogP contribution in [-0.4, -0.2) is 19.3 Å². The molecule has 1 aliphatic heterocycles. The average molecular weight is 219 g/mol. The topological polar surface area (TPSA) is 21.3 Å². The van der Waals surface area contributed by atoms with Crippen molar-refractivity contribution in [1.82, 2.24) is 5.32 Å². The molecule has 16 heavy (non-hydrogen) atoms. The maximum atomic E-state index is 5.96. The lowest BCUT2D eigenvalue weighted by Crippen LogP contribution is -2.30.